The molecular formula is C14H16F2N2O2. The number of nitrogens with one attached hydrogen (secondary N) is 1. The summed E-state index contributed by atoms with van der Waals surface area (Å²) >= 11 is 0. The standard InChI is InChI=1S/C14H16F2N2O2/c1-9(19)10-2-4-12(5-3-10)17-13(20)8-18-6-11(7-18)14(15)16/h2-5,11,14H,6-8H2,1H3,(H,17,20). The molecule has 1 fully saturated rings. The largest absolute Gasteiger partial charge is 0.325 e. The lowest BCUT2D eigenvalue weighted by atomic mass is 10.0. The van der Waals surface area contributed by atoms with E-state index in [1.807, 2.05) is 0 Å². The number of alkyl halides is 2. The quantitative estimate of drug-likeness (QED) is 0.841. The molecule has 4 nitrogen and oxygen atoms in total. The summed E-state index contributed by atoms with van der Waals surface area (Å²) in [5.74, 6) is -0.896. The third kappa shape index (κ3) is 3.60. The smallest absolute Gasteiger partial charge is 0.243 e. The number of hydrogen-bond donors (Lipinski definition) is 1. The monoisotopic (exact) mass is 282 g/mol. The number of likely N-dealkylation sites (tertiary alicyclic amines) is 1. The van der Waals surface area contributed by atoms with E-state index in [4.69, 9.17) is 0 Å². The van der Waals surface area contributed by atoms with E-state index >= 15 is 0 Å². The maximum atomic E-state index is 12.3. The number of benzene rings is 1. The minimum absolute atomic E-state index is 0.0403. The van der Waals surface area contributed by atoms with Crippen LogP contribution in [0.15, 0.2) is 24.3 Å². The molecule has 0 spiro atoms. The van der Waals surface area contributed by atoms with Crippen molar-refractivity contribution in [1.82, 2.24) is 4.90 Å². The number of anilines is 1. The highest BCUT2D eigenvalue weighted by Crippen LogP contribution is 2.22. The summed E-state index contributed by atoms with van der Waals surface area (Å²) in [5, 5.41) is 2.67. The zero-order valence-corrected chi connectivity index (χ0v) is 11.1. The molecule has 1 aromatic carbocycles. The minimum atomic E-state index is -2.31. The van der Waals surface area contributed by atoms with Crippen LogP contribution in [0.5, 0.6) is 0 Å². The summed E-state index contributed by atoms with van der Waals surface area (Å²) in [4.78, 5) is 24.5. The number of carbonyl (C=O) groups excluding carboxylic acids is 2. The number of carbonyl (C=O) groups is 2. The molecule has 1 aliphatic rings. The number of Topliss-reactive ketones (excluding diaryl/α,β-unsaturated/α-hetero) is 1. The highest BCUT2D eigenvalue weighted by Gasteiger charge is 2.34. The van der Waals surface area contributed by atoms with Gasteiger partial charge >= 0.3 is 0 Å². The minimum Gasteiger partial charge on any atom is -0.325 e. The van der Waals surface area contributed by atoms with Crippen LogP contribution in [0.3, 0.4) is 0 Å². The molecule has 2 rings (SSSR count). The van der Waals surface area contributed by atoms with Gasteiger partial charge in [-0.05, 0) is 31.2 Å². The van der Waals surface area contributed by atoms with Crippen molar-refractivity contribution >= 4 is 17.4 Å². The van der Waals surface area contributed by atoms with Gasteiger partial charge in [0.2, 0.25) is 12.3 Å². The van der Waals surface area contributed by atoms with Crippen molar-refractivity contribution in [3.8, 4) is 0 Å². The Labute approximate surface area is 115 Å². The van der Waals surface area contributed by atoms with Gasteiger partial charge < -0.3 is 5.32 Å². The predicted octanol–water partition coefficient (Wildman–Crippen LogP) is 2.02. The van der Waals surface area contributed by atoms with Gasteiger partial charge in [-0.1, -0.05) is 0 Å². The number of hydrogen-bond acceptors (Lipinski definition) is 3. The van der Waals surface area contributed by atoms with Gasteiger partial charge in [0, 0.05) is 30.3 Å². The fraction of sp³-hybridized carbons (Fsp3) is 0.429. The SMILES string of the molecule is CC(=O)c1ccc(NC(=O)CN2CC(C(F)F)C2)cc1. The third-order valence-corrected chi connectivity index (χ3v) is 3.28. The fourth-order valence-electron chi connectivity index (χ4n) is 2.09. The zero-order valence-electron chi connectivity index (χ0n) is 11.1. The van der Waals surface area contributed by atoms with Crippen LogP contribution >= 0.6 is 0 Å². The maximum absolute atomic E-state index is 12.3. The number of rotatable bonds is 5. The molecule has 1 aromatic rings. The molecule has 20 heavy (non-hydrogen) atoms. The van der Waals surface area contributed by atoms with Crippen LogP contribution in [0.25, 0.3) is 0 Å². The molecule has 1 aliphatic heterocycles. The Hall–Kier alpha value is -1.82. The predicted molar refractivity (Wildman–Crippen MR) is 71.0 cm³/mol. The Morgan fingerprint density at radius 1 is 1.30 bits per heavy atom. The lowest BCUT2D eigenvalue weighted by molar-refractivity contribution is -0.120. The molecule has 1 amide bonds. The molecule has 1 saturated heterocycles. The topological polar surface area (TPSA) is 49.4 Å². The first-order chi connectivity index (χ1) is 9.45. The Bertz CT molecular complexity index is 496. The van der Waals surface area contributed by atoms with Crippen molar-refractivity contribution in [1.29, 1.82) is 0 Å². The second kappa shape index (κ2) is 6.09. The van der Waals surface area contributed by atoms with Gasteiger partial charge in [0.15, 0.2) is 5.78 Å². The highest BCUT2D eigenvalue weighted by atomic mass is 19.3. The summed E-state index contributed by atoms with van der Waals surface area (Å²) in [6.07, 6.45) is -2.31. The van der Waals surface area contributed by atoms with E-state index in [-0.39, 0.29) is 31.3 Å². The van der Waals surface area contributed by atoms with E-state index in [9.17, 15) is 18.4 Å². The Kier molecular flexibility index (Phi) is 4.44. The highest BCUT2D eigenvalue weighted by molar-refractivity contribution is 5.96. The Morgan fingerprint density at radius 2 is 1.90 bits per heavy atom. The number of ketones is 1. The first kappa shape index (κ1) is 14.6. The Balaban J connectivity index is 1.79. The van der Waals surface area contributed by atoms with Crippen molar-refractivity contribution in [2.45, 2.75) is 13.3 Å². The average Bonchev–Trinajstić information content (AvgIpc) is 2.33. The number of halogens is 2. The lowest BCUT2D eigenvalue weighted by Crippen LogP contribution is -2.52. The number of nitrogens with zero attached hydrogens (tertiary/aromatic N) is 1. The molecule has 0 atom stereocenters. The van der Waals surface area contributed by atoms with E-state index in [0.29, 0.717) is 11.3 Å². The maximum Gasteiger partial charge on any atom is 0.243 e. The van der Waals surface area contributed by atoms with E-state index < -0.39 is 12.3 Å². The molecule has 0 radical (unpaired) electrons. The van der Waals surface area contributed by atoms with Crippen molar-refractivity contribution in [2.75, 3.05) is 25.0 Å². The molecule has 108 valence electrons. The van der Waals surface area contributed by atoms with Crippen LogP contribution in [0.4, 0.5) is 14.5 Å². The summed E-state index contributed by atoms with van der Waals surface area (Å²) in [6.45, 7) is 2.09. The molecule has 0 bridgehead atoms. The van der Waals surface area contributed by atoms with Gasteiger partial charge in [-0.2, -0.15) is 0 Å². The molecule has 6 heteroatoms. The normalized spacial score (nSPS) is 16.0. The van der Waals surface area contributed by atoms with Gasteiger partial charge in [-0.25, -0.2) is 8.78 Å². The van der Waals surface area contributed by atoms with E-state index in [1.165, 1.54) is 6.92 Å². The van der Waals surface area contributed by atoms with Crippen molar-refractivity contribution in [3.05, 3.63) is 29.8 Å². The molecule has 0 aliphatic carbocycles. The summed E-state index contributed by atoms with van der Waals surface area (Å²) in [7, 11) is 0. The van der Waals surface area contributed by atoms with Crippen LogP contribution in [0.2, 0.25) is 0 Å². The van der Waals surface area contributed by atoms with Crippen molar-refractivity contribution in [3.63, 3.8) is 0 Å². The molecule has 1 heterocycles. The average molecular weight is 282 g/mol. The van der Waals surface area contributed by atoms with Gasteiger partial charge in [-0.15, -0.1) is 0 Å². The Morgan fingerprint density at radius 3 is 2.40 bits per heavy atom. The second-order valence-corrected chi connectivity index (χ2v) is 4.97. The van der Waals surface area contributed by atoms with Crippen LogP contribution < -0.4 is 5.32 Å². The number of amides is 1. The fourth-order valence-corrected chi connectivity index (χ4v) is 2.09. The van der Waals surface area contributed by atoms with Crippen LogP contribution in [-0.2, 0) is 4.79 Å². The van der Waals surface area contributed by atoms with Gasteiger partial charge in [0.1, 0.15) is 0 Å². The van der Waals surface area contributed by atoms with E-state index in [2.05, 4.69) is 5.32 Å². The first-order valence-electron chi connectivity index (χ1n) is 6.37. The van der Waals surface area contributed by atoms with Crippen LogP contribution in [0.1, 0.15) is 17.3 Å². The third-order valence-electron chi connectivity index (χ3n) is 3.28. The molecular weight excluding hydrogens is 266 g/mol. The zero-order chi connectivity index (χ0) is 14.7. The first-order valence-corrected chi connectivity index (χ1v) is 6.37. The summed E-state index contributed by atoms with van der Waals surface area (Å²) in [6, 6.07) is 6.56. The van der Waals surface area contributed by atoms with Gasteiger partial charge in [0.05, 0.1) is 6.54 Å². The van der Waals surface area contributed by atoms with Crippen molar-refractivity contribution < 1.29 is 18.4 Å². The molecule has 0 saturated carbocycles. The second-order valence-electron chi connectivity index (χ2n) is 4.97. The van der Waals surface area contributed by atoms with Crippen LogP contribution in [-0.4, -0.2) is 42.7 Å². The molecule has 1 N–H and O–H groups in total. The van der Waals surface area contributed by atoms with E-state index in [1.54, 1.807) is 29.2 Å². The van der Waals surface area contributed by atoms with Crippen LogP contribution in [0, 0.1) is 5.92 Å². The molecule has 0 aromatic heterocycles. The molecule has 0 unspecified atom stereocenters. The summed E-state index contributed by atoms with van der Waals surface area (Å²) < 4.78 is 24.6. The van der Waals surface area contributed by atoms with Gasteiger partial charge in [-0.3, -0.25) is 14.5 Å². The van der Waals surface area contributed by atoms with E-state index in [0.717, 1.165) is 0 Å². The summed E-state index contributed by atoms with van der Waals surface area (Å²) in [5.41, 5.74) is 1.16. The van der Waals surface area contributed by atoms with Gasteiger partial charge in [0.25, 0.3) is 0 Å². The lowest BCUT2D eigenvalue weighted by Gasteiger charge is -2.38. The van der Waals surface area contributed by atoms with Crippen molar-refractivity contribution in [2.24, 2.45) is 5.92 Å².